The molecule has 0 radical (unpaired) electrons. The number of ether oxygens (including phenoxy) is 1. The first-order chi connectivity index (χ1) is 18.1. The molecular formula is C28H33N7O2. The second-order valence-corrected chi connectivity index (χ2v) is 10.6. The number of aromatic nitrogens is 5. The number of aldehydes is 1. The minimum Gasteiger partial charge on any atom is -0.383 e. The Bertz CT molecular complexity index is 1360. The van der Waals surface area contributed by atoms with Gasteiger partial charge in [-0.25, -0.2) is 19.9 Å². The Morgan fingerprint density at radius 1 is 1.14 bits per heavy atom. The van der Waals surface area contributed by atoms with Gasteiger partial charge in [0.05, 0.1) is 23.3 Å². The van der Waals surface area contributed by atoms with Gasteiger partial charge in [-0.3, -0.25) is 4.79 Å². The fraction of sp³-hybridized carbons (Fsp3) is 0.464. The molecule has 0 unspecified atom stereocenters. The quantitative estimate of drug-likeness (QED) is 0.416. The molecule has 0 saturated carbocycles. The SMILES string of the molecule is Cn1c(C2=CCC3(CC2)CCN(C=CC=O)CC3)c(-c2ncc([C@@H]3CCOC3)cn2)c2c(N)ncnc21. The minimum absolute atomic E-state index is 0.320. The molecule has 2 aliphatic heterocycles. The number of fused-ring (bicyclic) bond motifs is 1. The van der Waals surface area contributed by atoms with Gasteiger partial charge in [0.25, 0.3) is 0 Å². The monoisotopic (exact) mass is 499 g/mol. The predicted octanol–water partition coefficient (Wildman–Crippen LogP) is 3.87. The summed E-state index contributed by atoms with van der Waals surface area (Å²) >= 11 is 0. The average molecular weight is 500 g/mol. The highest BCUT2D eigenvalue weighted by Crippen LogP contribution is 2.48. The van der Waals surface area contributed by atoms with Crippen molar-refractivity contribution in [3.8, 4) is 11.4 Å². The van der Waals surface area contributed by atoms with E-state index in [1.165, 1.54) is 11.9 Å². The molecule has 0 bridgehead atoms. The van der Waals surface area contributed by atoms with Crippen molar-refractivity contribution in [1.82, 2.24) is 29.4 Å². The molecule has 1 atom stereocenters. The second kappa shape index (κ2) is 9.70. The Morgan fingerprint density at radius 2 is 1.95 bits per heavy atom. The van der Waals surface area contributed by atoms with Crippen LogP contribution in [0.4, 0.5) is 5.82 Å². The van der Waals surface area contributed by atoms with E-state index in [1.54, 1.807) is 6.08 Å². The van der Waals surface area contributed by atoms with E-state index in [1.807, 2.05) is 25.6 Å². The van der Waals surface area contributed by atoms with Crippen molar-refractivity contribution in [2.75, 3.05) is 32.0 Å². The number of carbonyl (C=O) groups is 1. The normalized spacial score (nSPS) is 21.7. The van der Waals surface area contributed by atoms with Crippen LogP contribution >= 0.6 is 0 Å². The number of carbonyl (C=O) groups excluding carboxylic acids is 1. The zero-order chi connectivity index (χ0) is 25.4. The molecule has 192 valence electrons. The molecule has 2 fully saturated rings. The molecule has 3 aromatic heterocycles. The van der Waals surface area contributed by atoms with E-state index in [0.717, 1.165) is 99.0 Å². The molecular weight excluding hydrogens is 466 g/mol. The Morgan fingerprint density at radius 3 is 2.62 bits per heavy atom. The van der Waals surface area contributed by atoms with Gasteiger partial charge in [-0.05, 0) is 61.2 Å². The van der Waals surface area contributed by atoms with Crippen LogP contribution in [0.2, 0.25) is 0 Å². The molecule has 2 N–H and O–H groups in total. The average Bonchev–Trinajstić information content (AvgIpc) is 3.57. The standard InChI is InChI=1S/C28H33N7O2/c1-34-24(19-3-6-28(7-4-19)8-11-35(12-9-28)10-2-13-36)22(23-25(29)32-18-33-27(23)34)26-30-15-21(16-31-26)20-5-14-37-17-20/h2-3,10,13,15-16,18,20H,4-9,11-12,14,17H2,1H3,(H2,29,32,33)/t20-/m1/s1. The lowest BCUT2D eigenvalue weighted by Crippen LogP contribution is -2.38. The third kappa shape index (κ3) is 4.31. The Labute approximate surface area is 216 Å². The van der Waals surface area contributed by atoms with Crippen molar-refractivity contribution in [3.05, 3.63) is 48.3 Å². The van der Waals surface area contributed by atoms with Gasteiger partial charge in [-0.2, -0.15) is 0 Å². The van der Waals surface area contributed by atoms with Gasteiger partial charge >= 0.3 is 0 Å². The zero-order valence-electron chi connectivity index (χ0n) is 21.3. The first-order valence-corrected chi connectivity index (χ1v) is 13.1. The molecule has 3 aliphatic rings. The van der Waals surface area contributed by atoms with Crippen LogP contribution in [0.1, 0.15) is 55.7 Å². The van der Waals surface area contributed by atoms with Crippen LogP contribution in [0.3, 0.4) is 0 Å². The van der Waals surface area contributed by atoms with Crippen LogP contribution in [-0.4, -0.2) is 62.0 Å². The van der Waals surface area contributed by atoms with Gasteiger partial charge in [0.2, 0.25) is 0 Å². The summed E-state index contributed by atoms with van der Waals surface area (Å²) in [5.74, 6) is 1.45. The van der Waals surface area contributed by atoms with Crippen molar-refractivity contribution in [1.29, 1.82) is 0 Å². The van der Waals surface area contributed by atoms with Crippen molar-refractivity contribution < 1.29 is 9.53 Å². The highest BCUT2D eigenvalue weighted by Gasteiger charge is 2.36. The lowest BCUT2D eigenvalue weighted by atomic mass is 9.68. The third-order valence-corrected chi connectivity index (χ3v) is 8.54. The van der Waals surface area contributed by atoms with Crippen LogP contribution in [0.25, 0.3) is 28.0 Å². The number of hydrogen-bond acceptors (Lipinski definition) is 8. The van der Waals surface area contributed by atoms with Crippen molar-refractivity contribution >= 4 is 28.7 Å². The van der Waals surface area contributed by atoms with Crippen LogP contribution in [-0.2, 0) is 16.6 Å². The summed E-state index contributed by atoms with van der Waals surface area (Å²) in [6, 6.07) is 0. The smallest absolute Gasteiger partial charge is 0.162 e. The topological polar surface area (TPSA) is 112 Å². The number of allylic oxidation sites excluding steroid dienone is 3. The van der Waals surface area contributed by atoms with Gasteiger partial charge in [0.1, 0.15) is 24.1 Å². The van der Waals surface area contributed by atoms with Gasteiger partial charge in [0.15, 0.2) is 5.82 Å². The molecule has 9 nitrogen and oxygen atoms in total. The first kappa shape index (κ1) is 23.8. The molecule has 3 aromatic rings. The molecule has 37 heavy (non-hydrogen) atoms. The maximum atomic E-state index is 10.7. The minimum atomic E-state index is 0.320. The van der Waals surface area contributed by atoms with E-state index in [-0.39, 0.29) is 0 Å². The molecule has 9 heteroatoms. The Balaban J connectivity index is 1.35. The van der Waals surface area contributed by atoms with Gasteiger partial charge in [0, 0.05) is 51.3 Å². The van der Waals surface area contributed by atoms with E-state index in [0.29, 0.717) is 23.0 Å². The largest absolute Gasteiger partial charge is 0.383 e. The maximum absolute atomic E-state index is 10.7. The van der Waals surface area contributed by atoms with E-state index >= 15 is 0 Å². The number of hydrogen-bond donors (Lipinski definition) is 1. The Kier molecular flexibility index (Phi) is 6.24. The summed E-state index contributed by atoms with van der Waals surface area (Å²) in [5.41, 5.74) is 11.9. The molecule has 1 spiro atoms. The predicted molar refractivity (Wildman–Crippen MR) is 142 cm³/mol. The highest BCUT2D eigenvalue weighted by molar-refractivity contribution is 6.04. The number of piperidine rings is 1. The number of anilines is 1. The lowest BCUT2D eigenvalue weighted by Gasteiger charge is -2.43. The van der Waals surface area contributed by atoms with E-state index in [4.69, 9.17) is 20.4 Å². The Hall–Kier alpha value is -3.59. The van der Waals surface area contributed by atoms with Gasteiger partial charge in [-0.1, -0.05) is 6.08 Å². The van der Waals surface area contributed by atoms with Crippen molar-refractivity contribution in [3.63, 3.8) is 0 Å². The fourth-order valence-corrected chi connectivity index (χ4v) is 6.26. The lowest BCUT2D eigenvalue weighted by molar-refractivity contribution is -0.104. The molecule has 1 aliphatic carbocycles. The highest BCUT2D eigenvalue weighted by atomic mass is 16.5. The molecule has 6 rings (SSSR count). The summed E-state index contributed by atoms with van der Waals surface area (Å²) in [4.78, 5) is 31.4. The molecule has 5 heterocycles. The van der Waals surface area contributed by atoms with Crippen LogP contribution in [0, 0.1) is 5.41 Å². The maximum Gasteiger partial charge on any atom is 0.162 e. The molecule has 0 aromatic carbocycles. The summed E-state index contributed by atoms with van der Waals surface area (Å²) < 4.78 is 7.68. The summed E-state index contributed by atoms with van der Waals surface area (Å²) in [7, 11) is 2.04. The number of aryl methyl sites for hydroxylation is 1. The summed E-state index contributed by atoms with van der Waals surface area (Å²) in [6.07, 6.45) is 18.6. The molecule has 2 saturated heterocycles. The van der Waals surface area contributed by atoms with Crippen molar-refractivity contribution in [2.45, 2.75) is 44.4 Å². The fourth-order valence-electron chi connectivity index (χ4n) is 6.26. The third-order valence-electron chi connectivity index (χ3n) is 8.54. The number of nitrogens with two attached hydrogens (primary N) is 1. The number of likely N-dealkylation sites (tertiary alicyclic amines) is 1. The summed E-state index contributed by atoms with van der Waals surface area (Å²) in [6.45, 7) is 3.50. The van der Waals surface area contributed by atoms with Crippen LogP contribution in [0.15, 0.2) is 37.1 Å². The van der Waals surface area contributed by atoms with Crippen molar-refractivity contribution in [2.24, 2.45) is 12.5 Å². The van der Waals surface area contributed by atoms with Gasteiger partial charge < -0.3 is 19.9 Å². The van der Waals surface area contributed by atoms with E-state index in [9.17, 15) is 4.79 Å². The van der Waals surface area contributed by atoms with Gasteiger partial charge in [-0.15, -0.1) is 0 Å². The van der Waals surface area contributed by atoms with E-state index in [2.05, 4.69) is 25.5 Å². The van der Waals surface area contributed by atoms with Crippen LogP contribution < -0.4 is 5.73 Å². The van der Waals surface area contributed by atoms with Crippen LogP contribution in [0.5, 0.6) is 0 Å². The second-order valence-electron chi connectivity index (χ2n) is 10.6. The summed E-state index contributed by atoms with van der Waals surface area (Å²) in [5, 5.41) is 0.813. The zero-order valence-corrected chi connectivity index (χ0v) is 21.3. The van der Waals surface area contributed by atoms with E-state index < -0.39 is 0 Å². The molecule has 0 amide bonds. The number of rotatable bonds is 5. The number of nitrogen functional groups attached to an aromatic ring is 1. The number of nitrogens with zero attached hydrogens (tertiary/aromatic N) is 6. The first-order valence-electron chi connectivity index (χ1n) is 13.1.